The number of nitrogens with zero attached hydrogens (tertiary/aromatic N) is 4. The highest BCUT2D eigenvalue weighted by Crippen LogP contribution is 2.19. The minimum absolute atomic E-state index is 0.167. The van der Waals surface area contributed by atoms with Gasteiger partial charge in [0, 0.05) is 5.41 Å². The van der Waals surface area contributed by atoms with Gasteiger partial charge >= 0.3 is 0 Å². The molecule has 1 atom stereocenters. The van der Waals surface area contributed by atoms with Crippen LogP contribution < -0.4 is 4.74 Å². The van der Waals surface area contributed by atoms with Gasteiger partial charge < -0.3 is 9.84 Å². The molecule has 0 amide bonds. The molecule has 2 aromatic rings. The molecule has 0 saturated heterocycles. The first-order valence-electron chi connectivity index (χ1n) is 7.56. The van der Waals surface area contributed by atoms with E-state index in [0.29, 0.717) is 6.54 Å². The van der Waals surface area contributed by atoms with Crippen LogP contribution in [0.25, 0.3) is 0 Å². The maximum atomic E-state index is 10.1. The van der Waals surface area contributed by atoms with E-state index < -0.39 is 6.10 Å². The molecule has 1 unspecified atom stereocenters. The van der Waals surface area contributed by atoms with Gasteiger partial charge in [0.1, 0.15) is 18.5 Å². The van der Waals surface area contributed by atoms with Gasteiger partial charge in [-0.15, -0.1) is 5.10 Å². The van der Waals surface area contributed by atoms with Crippen molar-refractivity contribution in [1.29, 1.82) is 0 Å². The third-order valence-corrected chi connectivity index (χ3v) is 3.36. The number of hydrogen-bond acceptors (Lipinski definition) is 5. The minimum atomic E-state index is -0.671. The Morgan fingerprint density at radius 1 is 1.23 bits per heavy atom. The number of aliphatic hydroxyl groups excluding tert-OH is 1. The first kappa shape index (κ1) is 16.4. The molecule has 120 valence electrons. The molecule has 1 aromatic heterocycles. The molecule has 1 heterocycles. The monoisotopic (exact) mass is 304 g/mol. The molecule has 0 spiro atoms. The van der Waals surface area contributed by atoms with Crippen LogP contribution in [0.4, 0.5) is 0 Å². The molecule has 0 bridgehead atoms. The summed E-state index contributed by atoms with van der Waals surface area (Å²) in [6, 6.07) is 7.90. The molecule has 0 aliphatic carbocycles. The predicted octanol–water partition coefficient (Wildman–Crippen LogP) is 1.97. The third kappa shape index (κ3) is 4.27. The zero-order valence-corrected chi connectivity index (χ0v) is 13.7. The summed E-state index contributed by atoms with van der Waals surface area (Å²) < 4.78 is 7.24. The van der Waals surface area contributed by atoms with Crippen molar-refractivity contribution in [2.75, 3.05) is 6.61 Å². The maximum Gasteiger partial charge on any atom is 0.156 e. The van der Waals surface area contributed by atoms with Gasteiger partial charge in [-0.3, -0.25) is 0 Å². The second-order valence-electron chi connectivity index (χ2n) is 6.40. The Kier molecular flexibility index (Phi) is 5.13. The standard InChI is InChI=1S/C16H24N4O2/c1-5-12-6-8-14(9-7-12)22-11-13(21)10-20-15(16(2,3)4)17-18-19-20/h6-9,13,21H,5,10-11H2,1-4H3. The second kappa shape index (κ2) is 6.87. The van der Waals surface area contributed by atoms with Gasteiger partial charge in [0.05, 0.1) is 6.54 Å². The van der Waals surface area contributed by atoms with Crippen LogP contribution in [-0.4, -0.2) is 38.0 Å². The van der Waals surface area contributed by atoms with E-state index in [-0.39, 0.29) is 12.0 Å². The molecular formula is C16H24N4O2. The average Bonchev–Trinajstić information content (AvgIpc) is 2.94. The van der Waals surface area contributed by atoms with Crippen molar-refractivity contribution in [2.45, 2.75) is 52.2 Å². The Balaban J connectivity index is 1.90. The number of aliphatic hydroxyl groups is 1. The molecule has 6 nitrogen and oxygen atoms in total. The summed E-state index contributed by atoms with van der Waals surface area (Å²) in [4.78, 5) is 0. The van der Waals surface area contributed by atoms with Crippen LogP contribution in [0, 0.1) is 0 Å². The molecule has 22 heavy (non-hydrogen) atoms. The fourth-order valence-corrected chi connectivity index (χ4v) is 2.13. The lowest BCUT2D eigenvalue weighted by Crippen LogP contribution is -2.28. The quantitative estimate of drug-likeness (QED) is 0.883. The molecule has 0 fully saturated rings. The highest BCUT2D eigenvalue weighted by Gasteiger charge is 2.23. The largest absolute Gasteiger partial charge is 0.491 e. The minimum Gasteiger partial charge on any atom is -0.491 e. The predicted molar refractivity (Wildman–Crippen MR) is 83.8 cm³/mol. The Morgan fingerprint density at radius 2 is 1.91 bits per heavy atom. The molecule has 6 heteroatoms. The Morgan fingerprint density at radius 3 is 2.50 bits per heavy atom. The second-order valence-corrected chi connectivity index (χ2v) is 6.40. The summed E-state index contributed by atoms with van der Waals surface area (Å²) in [7, 11) is 0. The first-order valence-corrected chi connectivity index (χ1v) is 7.56. The summed E-state index contributed by atoms with van der Waals surface area (Å²) >= 11 is 0. The lowest BCUT2D eigenvalue weighted by atomic mass is 9.96. The fraction of sp³-hybridized carbons (Fsp3) is 0.562. The van der Waals surface area contributed by atoms with Gasteiger partial charge in [-0.05, 0) is 34.5 Å². The van der Waals surface area contributed by atoms with Crippen molar-refractivity contribution < 1.29 is 9.84 Å². The Labute approximate surface area is 131 Å². The maximum absolute atomic E-state index is 10.1. The summed E-state index contributed by atoms with van der Waals surface area (Å²) in [5, 5.41) is 21.8. The number of aromatic nitrogens is 4. The Bertz CT molecular complexity index is 587. The number of ether oxygens (including phenoxy) is 1. The van der Waals surface area contributed by atoms with Gasteiger partial charge in [-0.1, -0.05) is 39.8 Å². The Hall–Kier alpha value is -1.95. The number of rotatable bonds is 6. The number of benzene rings is 1. The van der Waals surface area contributed by atoms with Crippen molar-refractivity contribution in [3.8, 4) is 5.75 Å². The molecule has 2 rings (SSSR count). The zero-order chi connectivity index (χ0) is 16.2. The summed E-state index contributed by atoms with van der Waals surface area (Å²) in [5.41, 5.74) is 1.09. The van der Waals surface area contributed by atoms with Gasteiger partial charge in [-0.2, -0.15) is 0 Å². The molecule has 1 aromatic carbocycles. The molecule has 0 aliphatic rings. The van der Waals surface area contributed by atoms with Gasteiger partial charge in [-0.25, -0.2) is 4.68 Å². The third-order valence-electron chi connectivity index (χ3n) is 3.36. The van der Waals surface area contributed by atoms with Crippen molar-refractivity contribution in [1.82, 2.24) is 20.2 Å². The van der Waals surface area contributed by atoms with Crippen molar-refractivity contribution >= 4 is 0 Å². The molecule has 1 N–H and O–H groups in total. The summed E-state index contributed by atoms with van der Waals surface area (Å²) in [5.74, 6) is 1.50. The van der Waals surface area contributed by atoms with Crippen LogP contribution in [0.15, 0.2) is 24.3 Å². The van der Waals surface area contributed by atoms with E-state index in [1.165, 1.54) is 5.56 Å². The molecule has 0 aliphatic heterocycles. The van der Waals surface area contributed by atoms with E-state index in [4.69, 9.17) is 4.74 Å². The van der Waals surface area contributed by atoms with E-state index in [1.807, 2.05) is 45.0 Å². The van der Waals surface area contributed by atoms with Gasteiger partial charge in [0.2, 0.25) is 0 Å². The summed E-state index contributed by atoms with van der Waals surface area (Å²) in [6.07, 6.45) is 0.327. The number of hydrogen-bond donors (Lipinski definition) is 1. The number of tetrazole rings is 1. The zero-order valence-electron chi connectivity index (χ0n) is 13.7. The van der Waals surface area contributed by atoms with E-state index in [9.17, 15) is 5.11 Å². The van der Waals surface area contributed by atoms with Gasteiger partial charge in [0.25, 0.3) is 0 Å². The molecule has 0 radical (unpaired) electrons. The van der Waals surface area contributed by atoms with E-state index >= 15 is 0 Å². The molecule has 0 saturated carbocycles. The number of aryl methyl sites for hydroxylation is 1. The van der Waals surface area contributed by atoms with Crippen molar-refractivity contribution in [3.05, 3.63) is 35.7 Å². The van der Waals surface area contributed by atoms with Crippen LogP contribution in [0.2, 0.25) is 0 Å². The topological polar surface area (TPSA) is 73.1 Å². The van der Waals surface area contributed by atoms with E-state index in [0.717, 1.165) is 18.0 Å². The van der Waals surface area contributed by atoms with E-state index in [1.54, 1.807) is 4.68 Å². The van der Waals surface area contributed by atoms with Crippen LogP contribution in [0.5, 0.6) is 5.75 Å². The van der Waals surface area contributed by atoms with Crippen molar-refractivity contribution in [3.63, 3.8) is 0 Å². The van der Waals surface area contributed by atoms with Crippen molar-refractivity contribution in [2.24, 2.45) is 0 Å². The van der Waals surface area contributed by atoms with Crippen LogP contribution in [0.3, 0.4) is 0 Å². The molecular weight excluding hydrogens is 280 g/mol. The van der Waals surface area contributed by atoms with E-state index in [2.05, 4.69) is 22.4 Å². The SMILES string of the molecule is CCc1ccc(OCC(O)Cn2nnnc2C(C)(C)C)cc1. The highest BCUT2D eigenvalue weighted by atomic mass is 16.5. The lowest BCUT2D eigenvalue weighted by molar-refractivity contribution is 0.0871. The fourth-order valence-electron chi connectivity index (χ4n) is 2.13. The van der Waals surface area contributed by atoms with Crippen LogP contribution >= 0.6 is 0 Å². The summed E-state index contributed by atoms with van der Waals surface area (Å²) in [6.45, 7) is 8.73. The lowest BCUT2D eigenvalue weighted by Gasteiger charge is -2.19. The van der Waals surface area contributed by atoms with Crippen LogP contribution in [-0.2, 0) is 18.4 Å². The smallest absolute Gasteiger partial charge is 0.156 e. The average molecular weight is 304 g/mol. The highest BCUT2D eigenvalue weighted by molar-refractivity contribution is 5.27. The van der Waals surface area contributed by atoms with Crippen LogP contribution in [0.1, 0.15) is 39.1 Å². The first-order chi connectivity index (χ1) is 10.4. The van der Waals surface area contributed by atoms with Gasteiger partial charge in [0.15, 0.2) is 5.82 Å². The normalized spacial score (nSPS) is 13.1.